The van der Waals surface area contributed by atoms with Crippen molar-refractivity contribution in [1.29, 1.82) is 0 Å². The number of benzene rings is 2. The minimum atomic E-state index is 0.168. The monoisotopic (exact) mass is 309 g/mol. The van der Waals surface area contributed by atoms with Crippen molar-refractivity contribution in [2.75, 3.05) is 13.7 Å². The molecule has 0 aromatic heterocycles. The smallest absolute Gasteiger partial charge is 0.227 e. The fourth-order valence-corrected chi connectivity index (χ4v) is 3.33. The second kappa shape index (κ2) is 6.86. The minimum Gasteiger partial charge on any atom is -0.497 e. The summed E-state index contributed by atoms with van der Waals surface area (Å²) in [5, 5.41) is 0. The molecular formula is C20H23NO2. The number of amides is 1. The lowest BCUT2D eigenvalue weighted by Gasteiger charge is -2.26. The van der Waals surface area contributed by atoms with Crippen LogP contribution in [0, 0.1) is 6.92 Å². The summed E-state index contributed by atoms with van der Waals surface area (Å²) >= 11 is 0. The van der Waals surface area contributed by atoms with Gasteiger partial charge in [0.25, 0.3) is 0 Å². The zero-order valence-electron chi connectivity index (χ0n) is 13.8. The summed E-state index contributed by atoms with van der Waals surface area (Å²) in [4.78, 5) is 14.8. The number of nitrogens with zero attached hydrogens (tertiary/aromatic N) is 1. The molecule has 0 saturated carbocycles. The highest BCUT2D eigenvalue weighted by molar-refractivity contribution is 5.80. The molecule has 1 atom stereocenters. The Hall–Kier alpha value is -2.29. The molecule has 120 valence electrons. The van der Waals surface area contributed by atoms with E-state index in [1.807, 2.05) is 41.3 Å². The van der Waals surface area contributed by atoms with Crippen LogP contribution in [-0.2, 0) is 11.2 Å². The lowest BCUT2D eigenvalue weighted by atomic mass is 10.0. The molecule has 2 aromatic carbocycles. The zero-order valence-corrected chi connectivity index (χ0v) is 13.8. The van der Waals surface area contributed by atoms with Crippen LogP contribution in [0.15, 0.2) is 48.5 Å². The van der Waals surface area contributed by atoms with Gasteiger partial charge < -0.3 is 9.64 Å². The average Bonchev–Trinajstić information content (AvgIpc) is 3.07. The number of carbonyl (C=O) groups is 1. The fraction of sp³-hybridized carbons (Fsp3) is 0.350. The molecule has 0 bridgehead atoms. The molecule has 1 saturated heterocycles. The lowest BCUT2D eigenvalue weighted by molar-refractivity contribution is -0.131. The van der Waals surface area contributed by atoms with Crippen LogP contribution in [0.2, 0.25) is 0 Å². The van der Waals surface area contributed by atoms with Crippen LogP contribution in [0.5, 0.6) is 5.75 Å². The van der Waals surface area contributed by atoms with Crippen molar-refractivity contribution in [3.63, 3.8) is 0 Å². The number of methoxy groups -OCH3 is 1. The van der Waals surface area contributed by atoms with Gasteiger partial charge in [0.2, 0.25) is 5.91 Å². The van der Waals surface area contributed by atoms with Gasteiger partial charge in [-0.2, -0.15) is 0 Å². The van der Waals surface area contributed by atoms with E-state index in [1.54, 1.807) is 7.11 Å². The van der Waals surface area contributed by atoms with Crippen molar-refractivity contribution >= 4 is 5.91 Å². The molecule has 2 aromatic rings. The first kappa shape index (κ1) is 15.6. The predicted molar refractivity (Wildman–Crippen MR) is 91.6 cm³/mol. The molecule has 0 N–H and O–H groups in total. The van der Waals surface area contributed by atoms with Gasteiger partial charge in [0.1, 0.15) is 5.75 Å². The largest absolute Gasteiger partial charge is 0.497 e. The third-order valence-corrected chi connectivity index (χ3v) is 4.65. The Bertz CT molecular complexity index is 696. The molecule has 1 unspecified atom stereocenters. The van der Waals surface area contributed by atoms with Crippen molar-refractivity contribution in [2.24, 2.45) is 0 Å². The first-order chi connectivity index (χ1) is 11.2. The van der Waals surface area contributed by atoms with Gasteiger partial charge in [0, 0.05) is 6.54 Å². The maximum absolute atomic E-state index is 12.8. The summed E-state index contributed by atoms with van der Waals surface area (Å²) < 4.78 is 5.32. The average molecular weight is 309 g/mol. The van der Waals surface area contributed by atoms with E-state index in [0.717, 1.165) is 30.7 Å². The fourth-order valence-electron chi connectivity index (χ4n) is 3.33. The minimum absolute atomic E-state index is 0.168. The van der Waals surface area contributed by atoms with Crippen LogP contribution < -0.4 is 4.74 Å². The van der Waals surface area contributed by atoms with Gasteiger partial charge in [-0.25, -0.2) is 0 Å². The van der Waals surface area contributed by atoms with Crippen molar-refractivity contribution in [1.82, 2.24) is 4.90 Å². The number of aryl methyl sites for hydroxylation is 1. The summed E-state index contributed by atoms with van der Waals surface area (Å²) in [6.07, 6.45) is 2.56. The van der Waals surface area contributed by atoms with Gasteiger partial charge in [-0.15, -0.1) is 0 Å². The molecule has 1 aliphatic heterocycles. The summed E-state index contributed by atoms with van der Waals surface area (Å²) in [7, 11) is 1.68. The Morgan fingerprint density at radius 1 is 1.22 bits per heavy atom. The molecule has 0 spiro atoms. The normalized spacial score (nSPS) is 17.3. The molecule has 3 rings (SSSR count). The Kier molecular flexibility index (Phi) is 4.65. The van der Waals surface area contributed by atoms with Crippen molar-refractivity contribution in [2.45, 2.75) is 32.2 Å². The standard InChI is InChI=1S/C20H23NO2/c1-15-7-3-4-8-16(15)14-20(22)21-12-6-11-19(21)17-9-5-10-18(13-17)23-2/h3-5,7-10,13,19H,6,11-12,14H2,1-2H3. The number of carbonyl (C=O) groups excluding carboxylic acids is 1. The van der Waals surface area contributed by atoms with Crippen LogP contribution in [0.25, 0.3) is 0 Å². The van der Waals surface area contributed by atoms with E-state index in [4.69, 9.17) is 4.74 Å². The second-order valence-electron chi connectivity index (χ2n) is 6.13. The molecule has 0 radical (unpaired) electrons. The molecule has 3 heteroatoms. The molecule has 0 aliphatic carbocycles. The zero-order chi connectivity index (χ0) is 16.2. The highest BCUT2D eigenvalue weighted by atomic mass is 16.5. The summed E-state index contributed by atoms with van der Waals surface area (Å²) in [6.45, 7) is 2.90. The van der Waals surface area contributed by atoms with Crippen LogP contribution in [-0.4, -0.2) is 24.5 Å². The van der Waals surface area contributed by atoms with E-state index in [1.165, 1.54) is 11.1 Å². The molecular weight excluding hydrogens is 286 g/mol. The van der Waals surface area contributed by atoms with Crippen molar-refractivity contribution in [3.8, 4) is 5.75 Å². The summed E-state index contributed by atoms with van der Waals surface area (Å²) in [6, 6.07) is 16.4. The van der Waals surface area contributed by atoms with Crippen molar-refractivity contribution in [3.05, 3.63) is 65.2 Å². The topological polar surface area (TPSA) is 29.5 Å². The van der Waals surface area contributed by atoms with Gasteiger partial charge >= 0.3 is 0 Å². The predicted octanol–water partition coefficient (Wildman–Crippen LogP) is 3.91. The second-order valence-corrected chi connectivity index (χ2v) is 6.13. The molecule has 1 aliphatic rings. The van der Waals surface area contributed by atoms with E-state index in [0.29, 0.717) is 6.42 Å². The molecule has 1 fully saturated rings. The van der Waals surface area contributed by atoms with Gasteiger partial charge in [-0.05, 0) is 48.6 Å². The Morgan fingerprint density at radius 3 is 2.83 bits per heavy atom. The summed E-state index contributed by atoms with van der Waals surface area (Å²) in [5.74, 6) is 1.06. The molecule has 23 heavy (non-hydrogen) atoms. The van der Waals surface area contributed by atoms with E-state index in [9.17, 15) is 4.79 Å². The van der Waals surface area contributed by atoms with Gasteiger partial charge in [-0.3, -0.25) is 4.79 Å². The Morgan fingerprint density at radius 2 is 2.04 bits per heavy atom. The number of likely N-dealkylation sites (tertiary alicyclic amines) is 1. The van der Waals surface area contributed by atoms with Gasteiger partial charge in [0.05, 0.1) is 19.6 Å². The Balaban J connectivity index is 1.78. The highest BCUT2D eigenvalue weighted by Crippen LogP contribution is 2.34. The SMILES string of the molecule is COc1cccc(C2CCCN2C(=O)Cc2ccccc2C)c1. The molecule has 1 amide bonds. The third-order valence-electron chi connectivity index (χ3n) is 4.65. The van der Waals surface area contributed by atoms with Gasteiger partial charge in [0.15, 0.2) is 0 Å². The molecule has 3 nitrogen and oxygen atoms in total. The molecule has 1 heterocycles. The number of hydrogen-bond donors (Lipinski definition) is 0. The van der Waals surface area contributed by atoms with E-state index < -0.39 is 0 Å². The highest BCUT2D eigenvalue weighted by Gasteiger charge is 2.30. The van der Waals surface area contributed by atoms with Gasteiger partial charge in [-0.1, -0.05) is 36.4 Å². The van der Waals surface area contributed by atoms with Crippen LogP contribution in [0.4, 0.5) is 0 Å². The van der Waals surface area contributed by atoms with Crippen LogP contribution in [0.3, 0.4) is 0 Å². The first-order valence-electron chi connectivity index (χ1n) is 8.17. The van der Waals surface area contributed by atoms with E-state index in [2.05, 4.69) is 19.1 Å². The number of hydrogen-bond acceptors (Lipinski definition) is 2. The van der Waals surface area contributed by atoms with E-state index in [-0.39, 0.29) is 11.9 Å². The lowest BCUT2D eigenvalue weighted by Crippen LogP contribution is -2.32. The quantitative estimate of drug-likeness (QED) is 0.857. The Labute approximate surface area is 137 Å². The van der Waals surface area contributed by atoms with Crippen molar-refractivity contribution < 1.29 is 9.53 Å². The maximum atomic E-state index is 12.8. The van der Waals surface area contributed by atoms with Crippen LogP contribution in [0.1, 0.15) is 35.6 Å². The summed E-state index contributed by atoms with van der Waals surface area (Å²) in [5.41, 5.74) is 3.46. The van der Waals surface area contributed by atoms with E-state index >= 15 is 0 Å². The number of rotatable bonds is 4. The maximum Gasteiger partial charge on any atom is 0.227 e. The third kappa shape index (κ3) is 3.39. The number of ether oxygens (including phenoxy) is 1. The van der Waals surface area contributed by atoms with Crippen LogP contribution >= 0.6 is 0 Å². The first-order valence-corrected chi connectivity index (χ1v) is 8.17.